The van der Waals surface area contributed by atoms with E-state index in [1.807, 2.05) is 6.07 Å². The van der Waals surface area contributed by atoms with E-state index in [4.69, 9.17) is 14.6 Å². The van der Waals surface area contributed by atoms with Gasteiger partial charge in [-0.1, -0.05) is 19.9 Å². The first kappa shape index (κ1) is 14.2. The predicted octanol–water partition coefficient (Wildman–Crippen LogP) is 2.13. The molecule has 2 rings (SSSR count). The smallest absolute Gasteiger partial charge is 0.161 e. The van der Waals surface area contributed by atoms with Crippen LogP contribution in [-0.4, -0.2) is 31.5 Å². The molecule has 1 aliphatic heterocycles. The summed E-state index contributed by atoms with van der Waals surface area (Å²) in [6.45, 7) is 6.64. The van der Waals surface area contributed by atoms with E-state index in [0.29, 0.717) is 19.1 Å². The zero-order valence-corrected chi connectivity index (χ0v) is 11.7. The van der Waals surface area contributed by atoms with Crippen molar-refractivity contribution >= 4 is 0 Å². The molecule has 0 amide bonds. The molecule has 4 heteroatoms. The van der Waals surface area contributed by atoms with Crippen molar-refractivity contribution < 1.29 is 14.6 Å². The minimum Gasteiger partial charge on any atom is -0.486 e. The van der Waals surface area contributed by atoms with Crippen LogP contribution in [0.2, 0.25) is 0 Å². The Kier molecular flexibility index (Phi) is 5.05. The van der Waals surface area contributed by atoms with Crippen molar-refractivity contribution in [3.63, 3.8) is 0 Å². The van der Waals surface area contributed by atoms with Gasteiger partial charge < -0.3 is 19.9 Å². The van der Waals surface area contributed by atoms with E-state index in [1.54, 1.807) is 0 Å². The maximum absolute atomic E-state index is 8.87. The van der Waals surface area contributed by atoms with Crippen molar-refractivity contribution in [2.75, 3.05) is 26.4 Å². The van der Waals surface area contributed by atoms with Crippen LogP contribution in [0.1, 0.15) is 31.9 Å². The molecule has 0 radical (unpaired) electrons. The van der Waals surface area contributed by atoms with Gasteiger partial charge in [-0.25, -0.2) is 0 Å². The monoisotopic (exact) mass is 265 g/mol. The molecule has 0 saturated carbocycles. The van der Waals surface area contributed by atoms with Crippen LogP contribution < -0.4 is 14.8 Å². The number of benzene rings is 1. The fraction of sp³-hybridized carbons (Fsp3) is 0.600. The summed E-state index contributed by atoms with van der Waals surface area (Å²) in [5.41, 5.74) is 1.21. The van der Waals surface area contributed by atoms with Crippen LogP contribution in [0.3, 0.4) is 0 Å². The van der Waals surface area contributed by atoms with Crippen molar-refractivity contribution in [3.8, 4) is 11.5 Å². The van der Waals surface area contributed by atoms with Gasteiger partial charge in [0.25, 0.3) is 0 Å². The molecular weight excluding hydrogens is 242 g/mol. The summed E-state index contributed by atoms with van der Waals surface area (Å²) in [5.74, 6) is 2.13. The number of aliphatic hydroxyl groups excluding tert-OH is 1. The van der Waals surface area contributed by atoms with E-state index in [2.05, 4.69) is 31.3 Å². The second-order valence-electron chi connectivity index (χ2n) is 5.16. The summed E-state index contributed by atoms with van der Waals surface area (Å²) in [6.07, 6.45) is 0.772. The standard InChI is InChI=1S/C15H23NO3/c1-11(2)15(16-6-3-7-17)12-4-5-13-14(10-12)19-9-8-18-13/h4-5,10-11,15-17H,3,6-9H2,1-2H3. The summed E-state index contributed by atoms with van der Waals surface area (Å²) in [5, 5.41) is 12.4. The molecule has 1 aromatic carbocycles. The number of fused-ring (bicyclic) bond motifs is 1. The lowest BCUT2D eigenvalue weighted by Crippen LogP contribution is -2.27. The van der Waals surface area contributed by atoms with E-state index < -0.39 is 0 Å². The van der Waals surface area contributed by atoms with Gasteiger partial charge in [0, 0.05) is 12.6 Å². The van der Waals surface area contributed by atoms with Gasteiger partial charge in [-0.05, 0) is 36.6 Å². The molecular formula is C15H23NO3. The quantitative estimate of drug-likeness (QED) is 0.774. The summed E-state index contributed by atoms with van der Waals surface area (Å²) in [4.78, 5) is 0. The van der Waals surface area contributed by atoms with Gasteiger partial charge in [0.2, 0.25) is 0 Å². The third kappa shape index (κ3) is 3.61. The Morgan fingerprint density at radius 1 is 1.21 bits per heavy atom. The minimum absolute atomic E-state index is 0.221. The Bertz CT molecular complexity index is 406. The van der Waals surface area contributed by atoms with Gasteiger partial charge >= 0.3 is 0 Å². The van der Waals surface area contributed by atoms with E-state index in [9.17, 15) is 0 Å². The van der Waals surface area contributed by atoms with Crippen LogP contribution in [0.15, 0.2) is 18.2 Å². The second kappa shape index (κ2) is 6.78. The van der Waals surface area contributed by atoms with Crippen LogP contribution in [0, 0.1) is 5.92 Å². The molecule has 1 unspecified atom stereocenters. The zero-order valence-electron chi connectivity index (χ0n) is 11.7. The van der Waals surface area contributed by atoms with Crippen molar-refractivity contribution in [1.29, 1.82) is 0 Å². The van der Waals surface area contributed by atoms with Gasteiger partial charge in [0.15, 0.2) is 11.5 Å². The molecule has 1 atom stereocenters. The topological polar surface area (TPSA) is 50.7 Å². The second-order valence-corrected chi connectivity index (χ2v) is 5.16. The summed E-state index contributed by atoms with van der Waals surface area (Å²) in [7, 11) is 0. The fourth-order valence-corrected chi connectivity index (χ4v) is 2.33. The molecule has 106 valence electrons. The third-order valence-corrected chi connectivity index (χ3v) is 3.29. The highest BCUT2D eigenvalue weighted by atomic mass is 16.6. The van der Waals surface area contributed by atoms with Crippen LogP contribution in [0.25, 0.3) is 0 Å². The number of aliphatic hydroxyl groups is 1. The molecule has 1 aromatic rings. The van der Waals surface area contributed by atoms with E-state index >= 15 is 0 Å². The van der Waals surface area contributed by atoms with Gasteiger partial charge in [-0.15, -0.1) is 0 Å². The van der Waals surface area contributed by atoms with Gasteiger partial charge in [0.05, 0.1) is 0 Å². The fourth-order valence-electron chi connectivity index (χ4n) is 2.33. The number of nitrogens with one attached hydrogen (secondary N) is 1. The highest BCUT2D eigenvalue weighted by Crippen LogP contribution is 2.34. The highest BCUT2D eigenvalue weighted by Gasteiger charge is 2.18. The molecule has 0 bridgehead atoms. The van der Waals surface area contributed by atoms with Gasteiger partial charge in [-0.2, -0.15) is 0 Å². The summed E-state index contributed by atoms with van der Waals surface area (Å²) < 4.78 is 11.2. The predicted molar refractivity (Wildman–Crippen MR) is 74.7 cm³/mol. The lowest BCUT2D eigenvalue weighted by Gasteiger charge is -2.25. The van der Waals surface area contributed by atoms with Crippen LogP contribution in [0.4, 0.5) is 0 Å². The lowest BCUT2D eigenvalue weighted by molar-refractivity contribution is 0.171. The molecule has 0 aliphatic carbocycles. The minimum atomic E-state index is 0.221. The van der Waals surface area contributed by atoms with Crippen molar-refractivity contribution in [2.45, 2.75) is 26.3 Å². The highest BCUT2D eigenvalue weighted by molar-refractivity contribution is 5.44. The average Bonchev–Trinajstić information content (AvgIpc) is 2.43. The maximum atomic E-state index is 8.87. The number of rotatable bonds is 6. The van der Waals surface area contributed by atoms with Crippen molar-refractivity contribution in [2.24, 2.45) is 5.92 Å². The Morgan fingerprint density at radius 3 is 2.63 bits per heavy atom. The Labute approximate surface area is 114 Å². The first-order chi connectivity index (χ1) is 9.22. The van der Waals surface area contributed by atoms with Crippen molar-refractivity contribution in [3.05, 3.63) is 23.8 Å². The Balaban J connectivity index is 2.12. The summed E-state index contributed by atoms with van der Waals surface area (Å²) >= 11 is 0. The normalized spacial score (nSPS) is 15.6. The molecule has 1 aliphatic rings. The molecule has 2 N–H and O–H groups in total. The average molecular weight is 265 g/mol. The number of ether oxygens (including phenoxy) is 2. The molecule has 0 spiro atoms. The van der Waals surface area contributed by atoms with E-state index in [0.717, 1.165) is 24.5 Å². The van der Waals surface area contributed by atoms with Gasteiger partial charge in [0.1, 0.15) is 13.2 Å². The Hall–Kier alpha value is -1.26. The molecule has 0 aromatic heterocycles. The molecule has 19 heavy (non-hydrogen) atoms. The molecule has 1 heterocycles. The van der Waals surface area contributed by atoms with Crippen LogP contribution >= 0.6 is 0 Å². The van der Waals surface area contributed by atoms with E-state index in [-0.39, 0.29) is 12.6 Å². The van der Waals surface area contributed by atoms with E-state index in [1.165, 1.54) is 5.56 Å². The van der Waals surface area contributed by atoms with Crippen molar-refractivity contribution in [1.82, 2.24) is 5.32 Å². The first-order valence-electron chi connectivity index (χ1n) is 6.96. The molecule has 0 saturated heterocycles. The zero-order chi connectivity index (χ0) is 13.7. The first-order valence-corrected chi connectivity index (χ1v) is 6.96. The van der Waals surface area contributed by atoms with Gasteiger partial charge in [-0.3, -0.25) is 0 Å². The molecule has 4 nitrogen and oxygen atoms in total. The lowest BCUT2D eigenvalue weighted by atomic mass is 9.95. The summed E-state index contributed by atoms with van der Waals surface area (Å²) in [6, 6.07) is 6.39. The van der Waals surface area contributed by atoms with Crippen LogP contribution in [0.5, 0.6) is 11.5 Å². The number of hydrogen-bond donors (Lipinski definition) is 2. The maximum Gasteiger partial charge on any atom is 0.161 e. The number of hydrogen-bond acceptors (Lipinski definition) is 4. The SMILES string of the molecule is CC(C)C(NCCCO)c1ccc2c(c1)OCCO2. The molecule has 0 fully saturated rings. The largest absolute Gasteiger partial charge is 0.486 e. The third-order valence-electron chi connectivity index (χ3n) is 3.29. The Morgan fingerprint density at radius 2 is 1.95 bits per heavy atom. The van der Waals surface area contributed by atoms with Crippen LogP contribution in [-0.2, 0) is 0 Å².